The number of imidazole rings is 1. The highest BCUT2D eigenvalue weighted by Crippen LogP contribution is 2.35. The summed E-state index contributed by atoms with van der Waals surface area (Å²) in [7, 11) is -0.414. The third-order valence-electron chi connectivity index (χ3n) is 5.83. The first-order valence-corrected chi connectivity index (χ1v) is 13.2. The predicted molar refractivity (Wildman–Crippen MR) is 132 cm³/mol. The molecule has 1 fully saturated rings. The molecule has 0 aliphatic carbocycles. The Labute approximate surface area is 206 Å². The molecule has 35 heavy (non-hydrogen) atoms. The summed E-state index contributed by atoms with van der Waals surface area (Å²) >= 11 is 1.48. The van der Waals surface area contributed by atoms with Crippen LogP contribution in [0.5, 0.6) is 5.75 Å². The lowest BCUT2D eigenvalue weighted by Gasteiger charge is -2.32. The first kappa shape index (κ1) is 23.6. The molecule has 0 saturated carbocycles. The van der Waals surface area contributed by atoms with Gasteiger partial charge in [0.25, 0.3) is 10.2 Å². The summed E-state index contributed by atoms with van der Waals surface area (Å²) in [5.41, 5.74) is 2.70. The Morgan fingerprint density at radius 2 is 2.09 bits per heavy atom. The van der Waals surface area contributed by atoms with Crippen molar-refractivity contribution in [3.8, 4) is 28.4 Å². The maximum atomic E-state index is 14.0. The van der Waals surface area contributed by atoms with E-state index in [4.69, 9.17) is 9.72 Å². The van der Waals surface area contributed by atoms with Crippen molar-refractivity contribution in [2.24, 2.45) is 0 Å². The van der Waals surface area contributed by atoms with Gasteiger partial charge in [0.15, 0.2) is 16.5 Å². The quantitative estimate of drug-likeness (QED) is 0.402. The Morgan fingerprint density at radius 1 is 1.23 bits per heavy atom. The van der Waals surface area contributed by atoms with Crippen LogP contribution in [0.15, 0.2) is 42.0 Å². The SMILES string of the molecule is COc1cc(-c2nc3sccn3c2-c2ccnc(NCCN3CCCN(C)S3(=O)=O)n2)ccc1F. The molecule has 0 unspecified atom stereocenters. The number of rotatable bonds is 7. The molecule has 184 valence electrons. The van der Waals surface area contributed by atoms with Crippen LogP contribution in [0.2, 0.25) is 0 Å². The highest BCUT2D eigenvalue weighted by Gasteiger charge is 2.30. The number of methoxy groups -OCH3 is 1. The number of halogens is 1. The fourth-order valence-corrected chi connectivity index (χ4v) is 6.18. The van der Waals surface area contributed by atoms with Crippen LogP contribution in [0, 0.1) is 5.82 Å². The first-order chi connectivity index (χ1) is 16.9. The number of anilines is 1. The van der Waals surface area contributed by atoms with E-state index in [0.717, 1.165) is 17.1 Å². The van der Waals surface area contributed by atoms with Crippen molar-refractivity contribution in [1.29, 1.82) is 0 Å². The van der Waals surface area contributed by atoms with Crippen LogP contribution in [-0.4, -0.2) is 76.7 Å². The van der Waals surface area contributed by atoms with Crippen LogP contribution in [0.3, 0.4) is 0 Å². The number of ether oxygens (including phenoxy) is 1. The highest BCUT2D eigenvalue weighted by molar-refractivity contribution is 7.86. The van der Waals surface area contributed by atoms with E-state index in [1.807, 2.05) is 16.0 Å². The molecule has 0 bridgehead atoms. The second-order valence-corrected chi connectivity index (χ2v) is 10.9. The van der Waals surface area contributed by atoms with Crippen LogP contribution < -0.4 is 10.1 Å². The lowest BCUT2D eigenvalue weighted by Crippen LogP contribution is -2.49. The van der Waals surface area contributed by atoms with Gasteiger partial charge in [0, 0.05) is 56.6 Å². The first-order valence-electron chi connectivity index (χ1n) is 11.0. The summed E-state index contributed by atoms with van der Waals surface area (Å²) < 4.78 is 48.8. The van der Waals surface area contributed by atoms with Gasteiger partial charge >= 0.3 is 0 Å². The van der Waals surface area contributed by atoms with Gasteiger partial charge in [0.2, 0.25) is 5.95 Å². The van der Waals surface area contributed by atoms with E-state index in [0.29, 0.717) is 49.1 Å². The zero-order chi connectivity index (χ0) is 24.6. The number of hydrogen-bond acceptors (Lipinski definition) is 8. The molecule has 0 amide bonds. The van der Waals surface area contributed by atoms with Gasteiger partial charge < -0.3 is 10.1 Å². The maximum Gasteiger partial charge on any atom is 0.281 e. The second kappa shape index (κ2) is 9.49. The third kappa shape index (κ3) is 4.47. The van der Waals surface area contributed by atoms with E-state index in [-0.39, 0.29) is 5.75 Å². The third-order valence-corrected chi connectivity index (χ3v) is 8.57. The Bertz CT molecular complexity index is 1470. The number of aromatic nitrogens is 4. The van der Waals surface area contributed by atoms with E-state index in [1.54, 1.807) is 31.4 Å². The van der Waals surface area contributed by atoms with E-state index in [2.05, 4.69) is 15.3 Å². The summed E-state index contributed by atoms with van der Waals surface area (Å²) in [5, 5.41) is 5.06. The van der Waals surface area contributed by atoms with Crippen molar-refractivity contribution in [2.75, 3.05) is 45.7 Å². The molecule has 1 N–H and O–H groups in total. The average Bonchev–Trinajstić information content (AvgIpc) is 3.44. The van der Waals surface area contributed by atoms with Gasteiger partial charge in [-0.2, -0.15) is 17.0 Å². The van der Waals surface area contributed by atoms with Gasteiger partial charge in [-0.25, -0.2) is 19.3 Å². The van der Waals surface area contributed by atoms with Crippen molar-refractivity contribution in [2.45, 2.75) is 6.42 Å². The van der Waals surface area contributed by atoms with Crippen molar-refractivity contribution in [1.82, 2.24) is 28.0 Å². The highest BCUT2D eigenvalue weighted by atomic mass is 32.2. The fraction of sp³-hybridized carbons (Fsp3) is 0.318. The molecule has 3 aromatic heterocycles. The molecular weight excluding hydrogens is 493 g/mol. The number of hydrogen-bond donors (Lipinski definition) is 1. The summed E-state index contributed by atoms with van der Waals surface area (Å²) in [5.74, 6) is 0.0560. The number of thiazole rings is 1. The monoisotopic (exact) mass is 517 g/mol. The molecule has 0 spiro atoms. The van der Waals surface area contributed by atoms with Crippen LogP contribution in [0.4, 0.5) is 10.3 Å². The standard InChI is InChI=1S/C22H24FN7O3S2/c1-28-9-3-10-29(35(28,31)32)11-8-25-21-24-7-6-17(26-21)20-19(27-22-30(20)12-13-34-22)15-4-5-16(23)18(14-15)33-2/h4-7,12-14H,3,8-11H2,1-2H3,(H,24,25,26). The van der Waals surface area contributed by atoms with Crippen molar-refractivity contribution in [3.05, 3.63) is 47.9 Å². The van der Waals surface area contributed by atoms with Crippen molar-refractivity contribution in [3.63, 3.8) is 0 Å². The van der Waals surface area contributed by atoms with Crippen LogP contribution in [-0.2, 0) is 10.2 Å². The van der Waals surface area contributed by atoms with Crippen molar-refractivity contribution < 1.29 is 17.5 Å². The second-order valence-electron chi connectivity index (χ2n) is 7.99. The van der Waals surface area contributed by atoms with E-state index in [1.165, 1.54) is 33.1 Å². The van der Waals surface area contributed by atoms with Crippen molar-refractivity contribution >= 4 is 32.5 Å². The normalized spacial score (nSPS) is 16.5. The van der Waals surface area contributed by atoms with Gasteiger partial charge in [-0.1, -0.05) is 0 Å². The Kier molecular flexibility index (Phi) is 6.40. The van der Waals surface area contributed by atoms with E-state index in [9.17, 15) is 12.8 Å². The summed E-state index contributed by atoms with van der Waals surface area (Å²) in [4.78, 5) is 14.5. The Hall–Kier alpha value is -3.13. The molecule has 5 rings (SSSR count). The smallest absolute Gasteiger partial charge is 0.281 e. The summed E-state index contributed by atoms with van der Waals surface area (Å²) in [6, 6.07) is 6.40. The molecule has 4 aromatic rings. The Balaban J connectivity index is 1.42. The number of fused-ring (bicyclic) bond motifs is 1. The molecule has 4 heterocycles. The molecule has 1 aromatic carbocycles. The maximum absolute atomic E-state index is 14.0. The number of nitrogens with zero attached hydrogens (tertiary/aromatic N) is 6. The van der Waals surface area contributed by atoms with Crippen LogP contribution in [0.25, 0.3) is 27.6 Å². The molecule has 10 nitrogen and oxygen atoms in total. The van der Waals surface area contributed by atoms with E-state index < -0.39 is 16.0 Å². The predicted octanol–water partition coefficient (Wildman–Crippen LogP) is 2.96. The fourth-order valence-electron chi connectivity index (χ4n) is 4.03. The number of benzene rings is 1. The molecule has 1 aliphatic rings. The minimum atomic E-state index is -3.42. The minimum absolute atomic E-state index is 0.133. The molecule has 0 radical (unpaired) electrons. The zero-order valence-corrected chi connectivity index (χ0v) is 20.8. The average molecular weight is 518 g/mol. The number of nitrogens with one attached hydrogen (secondary N) is 1. The van der Waals surface area contributed by atoms with Gasteiger partial charge in [0.1, 0.15) is 5.69 Å². The molecular formula is C22H24FN7O3S2. The molecule has 0 atom stereocenters. The summed E-state index contributed by atoms with van der Waals surface area (Å²) in [6.45, 7) is 1.69. The lowest BCUT2D eigenvalue weighted by molar-refractivity contribution is 0.313. The van der Waals surface area contributed by atoms with Gasteiger partial charge in [-0.3, -0.25) is 4.40 Å². The van der Waals surface area contributed by atoms with Gasteiger partial charge in [-0.05, 0) is 30.7 Å². The topological polar surface area (TPSA) is 105 Å². The largest absolute Gasteiger partial charge is 0.494 e. The van der Waals surface area contributed by atoms with Crippen LogP contribution in [0.1, 0.15) is 6.42 Å². The zero-order valence-electron chi connectivity index (χ0n) is 19.2. The Morgan fingerprint density at radius 3 is 2.91 bits per heavy atom. The minimum Gasteiger partial charge on any atom is -0.494 e. The van der Waals surface area contributed by atoms with Crippen LogP contribution >= 0.6 is 11.3 Å². The molecule has 1 saturated heterocycles. The van der Waals surface area contributed by atoms with Gasteiger partial charge in [0.05, 0.1) is 18.5 Å². The van der Waals surface area contributed by atoms with Gasteiger partial charge in [-0.15, -0.1) is 11.3 Å². The lowest BCUT2D eigenvalue weighted by atomic mass is 10.1. The van der Waals surface area contributed by atoms with E-state index >= 15 is 0 Å². The summed E-state index contributed by atoms with van der Waals surface area (Å²) in [6.07, 6.45) is 4.33. The molecule has 1 aliphatic heterocycles. The molecule has 13 heteroatoms.